The van der Waals surface area contributed by atoms with E-state index in [-0.39, 0.29) is 23.9 Å². The Morgan fingerprint density at radius 3 is 2.19 bits per heavy atom. The van der Waals surface area contributed by atoms with Crippen LogP contribution >= 0.6 is 0 Å². The number of nitrogens with one attached hydrogen (secondary N) is 1. The van der Waals surface area contributed by atoms with Gasteiger partial charge in [0.1, 0.15) is 0 Å². The molecule has 122 valence electrons. The van der Waals surface area contributed by atoms with Crippen molar-refractivity contribution in [2.75, 3.05) is 33.2 Å². The van der Waals surface area contributed by atoms with Gasteiger partial charge in [-0.1, -0.05) is 13.8 Å². The SMILES string of the molecule is CC1CC(C)CN(CC(=O)N(C)CC(=O)NC(C)(C)C)C1. The smallest absolute Gasteiger partial charge is 0.240 e. The molecule has 2 atom stereocenters. The highest BCUT2D eigenvalue weighted by Gasteiger charge is 2.25. The van der Waals surface area contributed by atoms with Crippen LogP contribution in [0.15, 0.2) is 0 Å². The Balaban J connectivity index is 2.42. The first-order valence-corrected chi connectivity index (χ1v) is 7.84. The zero-order valence-corrected chi connectivity index (χ0v) is 14.4. The predicted molar refractivity (Wildman–Crippen MR) is 84.9 cm³/mol. The molecular weight excluding hydrogens is 266 g/mol. The normalized spacial score (nSPS) is 23.7. The van der Waals surface area contributed by atoms with Crippen molar-refractivity contribution < 1.29 is 9.59 Å². The van der Waals surface area contributed by atoms with Gasteiger partial charge < -0.3 is 10.2 Å². The van der Waals surface area contributed by atoms with Gasteiger partial charge in [-0.25, -0.2) is 0 Å². The summed E-state index contributed by atoms with van der Waals surface area (Å²) in [4.78, 5) is 27.8. The van der Waals surface area contributed by atoms with Crippen molar-refractivity contribution in [1.29, 1.82) is 0 Å². The molecule has 0 aromatic rings. The number of hydrogen-bond donors (Lipinski definition) is 1. The number of rotatable bonds is 4. The van der Waals surface area contributed by atoms with Crippen LogP contribution in [0.5, 0.6) is 0 Å². The molecule has 1 aliphatic heterocycles. The maximum atomic E-state index is 12.2. The number of amides is 2. The Morgan fingerprint density at radius 2 is 1.71 bits per heavy atom. The fraction of sp³-hybridized carbons (Fsp3) is 0.875. The molecule has 0 bridgehead atoms. The summed E-state index contributed by atoms with van der Waals surface area (Å²) < 4.78 is 0. The first kappa shape index (κ1) is 18.0. The molecule has 1 aliphatic rings. The molecule has 0 radical (unpaired) electrons. The number of piperidine rings is 1. The van der Waals surface area contributed by atoms with Crippen LogP contribution in [0, 0.1) is 11.8 Å². The van der Waals surface area contributed by atoms with E-state index in [0.29, 0.717) is 18.4 Å². The van der Waals surface area contributed by atoms with Gasteiger partial charge in [-0.3, -0.25) is 14.5 Å². The molecule has 0 saturated carbocycles. The van der Waals surface area contributed by atoms with Crippen LogP contribution in [0.1, 0.15) is 41.0 Å². The lowest BCUT2D eigenvalue weighted by molar-refractivity contribution is -0.136. The van der Waals surface area contributed by atoms with Gasteiger partial charge in [-0.05, 0) is 39.0 Å². The van der Waals surface area contributed by atoms with Crippen LogP contribution in [-0.2, 0) is 9.59 Å². The molecule has 5 heteroatoms. The summed E-state index contributed by atoms with van der Waals surface area (Å²) in [5, 5.41) is 2.88. The van der Waals surface area contributed by atoms with Gasteiger partial charge in [0, 0.05) is 25.7 Å². The van der Waals surface area contributed by atoms with Crippen LogP contribution in [-0.4, -0.2) is 60.4 Å². The number of nitrogens with zero attached hydrogens (tertiary/aromatic N) is 2. The molecule has 1 saturated heterocycles. The fourth-order valence-corrected chi connectivity index (χ4v) is 2.99. The van der Waals surface area contributed by atoms with Gasteiger partial charge in [-0.15, -0.1) is 0 Å². The Kier molecular flexibility index (Phi) is 6.20. The minimum Gasteiger partial charge on any atom is -0.350 e. The molecule has 2 unspecified atom stereocenters. The van der Waals surface area contributed by atoms with Crippen molar-refractivity contribution in [2.24, 2.45) is 11.8 Å². The van der Waals surface area contributed by atoms with Crippen LogP contribution < -0.4 is 5.32 Å². The highest BCUT2D eigenvalue weighted by atomic mass is 16.2. The Labute approximate surface area is 129 Å². The maximum absolute atomic E-state index is 12.2. The minimum atomic E-state index is -0.265. The van der Waals surface area contributed by atoms with Crippen molar-refractivity contribution in [2.45, 2.75) is 46.6 Å². The van der Waals surface area contributed by atoms with E-state index in [1.54, 1.807) is 7.05 Å². The Morgan fingerprint density at radius 1 is 1.19 bits per heavy atom. The molecule has 1 N–H and O–H groups in total. The molecule has 0 aromatic heterocycles. The van der Waals surface area contributed by atoms with E-state index in [1.807, 2.05) is 20.8 Å². The zero-order valence-electron chi connectivity index (χ0n) is 14.4. The predicted octanol–water partition coefficient (Wildman–Crippen LogP) is 1.34. The number of carbonyl (C=O) groups is 2. The van der Waals surface area contributed by atoms with Crippen molar-refractivity contribution >= 4 is 11.8 Å². The van der Waals surface area contributed by atoms with Crippen LogP contribution in [0.25, 0.3) is 0 Å². The summed E-state index contributed by atoms with van der Waals surface area (Å²) >= 11 is 0. The molecule has 1 rings (SSSR count). The summed E-state index contributed by atoms with van der Waals surface area (Å²) in [6.45, 7) is 12.7. The van der Waals surface area contributed by atoms with Gasteiger partial charge in [-0.2, -0.15) is 0 Å². The topological polar surface area (TPSA) is 52.7 Å². The first-order valence-electron chi connectivity index (χ1n) is 7.84. The maximum Gasteiger partial charge on any atom is 0.240 e. The van der Waals surface area contributed by atoms with Crippen LogP contribution in [0.4, 0.5) is 0 Å². The number of carbonyl (C=O) groups excluding carboxylic acids is 2. The second kappa shape index (κ2) is 7.25. The molecule has 0 aliphatic carbocycles. The van der Waals surface area contributed by atoms with Gasteiger partial charge in [0.25, 0.3) is 0 Å². The summed E-state index contributed by atoms with van der Waals surface area (Å²) in [7, 11) is 1.70. The quantitative estimate of drug-likeness (QED) is 0.852. The van der Waals surface area contributed by atoms with E-state index < -0.39 is 0 Å². The number of likely N-dealkylation sites (tertiary alicyclic amines) is 1. The lowest BCUT2D eigenvalue weighted by Gasteiger charge is -2.35. The molecule has 0 spiro atoms. The Bertz CT molecular complexity index is 366. The molecule has 1 fully saturated rings. The standard InChI is InChI=1S/C16H31N3O2/c1-12-7-13(2)9-19(8-12)11-15(21)18(6)10-14(20)17-16(3,4)5/h12-13H,7-11H2,1-6H3,(H,17,20). The Hall–Kier alpha value is -1.10. The van der Waals surface area contributed by atoms with Crippen molar-refractivity contribution in [3.63, 3.8) is 0 Å². The average molecular weight is 297 g/mol. The molecular formula is C16H31N3O2. The van der Waals surface area contributed by atoms with Crippen molar-refractivity contribution in [3.05, 3.63) is 0 Å². The largest absolute Gasteiger partial charge is 0.350 e. The first-order chi connectivity index (χ1) is 9.56. The number of likely N-dealkylation sites (N-methyl/N-ethyl adjacent to an activating group) is 1. The molecule has 21 heavy (non-hydrogen) atoms. The third-order valence-electron chi connectivity index (χ3n) is 3.62. The fourth-order valence-electron chi connectivity index (χ4n) is 2.99. The van der Waals surface area contributed by atoms with Crippen LogP contribution in [0.2, 0.25) is 0 Å². The van der Waals surface area contributed by atoms with Gasteiger partial charge >= 0.3 is 0 Å². The van der Waals surface area contributed by atoms with E-state index >= 15 is 0 Å². The average Bonchev–Trinajstić information content (AvgIpc) is 2.24. The molecule has 2 amide bonds. The van der Waals surface area contributed by atoms with Crippen molar-refractivity contribution in [3.8, 4) is 0 Å². The minimum absolute atomic E-state index is 0.0142. The summed E-state index contributed by atoms with van der Waals surface area (Å²) in [6.07, 6.45) is 1.23. The van der Waals surface area contributed by atoms with Gasteiger partial charge in [0.15, 0.2) is 0 Å². The van der Waals surface area contributed by atoms with Crippen LogP contribution in [0.3, 0.4) is 0 Å². The van der Waals surface area contributed by atoms with E-state index in [9.17, 15) is 9.59 Å². The monoisotopic (exact) mass is 297 g/mol. The highest BCUT2D eigenvalue weighted by molar-refractivity contribution is 5.85. The molecule has 5 nitrogen and oxygen atoms in total. The van der Waals surface area contributed by atoms with Gasteiger partial charge in [0.05, 0.1) is 13.1 Å². The van der Waals surface area contributed by atoms with E-state index in [0.717, 1.165) is 13.1 Å². The lowest BCUT2D eigenvalue weighted by atomic mass is 9.92. The van der Waals surface area contributed by atoms with E-state index in [4.69, 9.17) is 0 Å². The van der Waals surface area contributed by atoms with Crippen molar-refractivity contribution in [1.82, 2.24) is 15.1 Å². The highest BCUT2D eigenvalue weighted by Crippen LogP contribution is 2.20. The summed E-state index contributed by atoms with van der Waals surface area (Å²) in [5.74, 6) is 1.17. The third kappa shape index (κ3) is 6.93. The number of hydrogen-bond acceptors (Lipinski definition) is 3. The summed E-state index contributed by atoms with van der Waals surface area (Å²) in [5.41, 5.74) is -0.265. The zero-order chi connectivity index (χ0) is 16.2. The molecule has 1 heterocycles. The van der Waals surface area contributed by atoms with E-state index in [2.05, 4.69) is 24.1 Å². The summed E-state index contributed by atoms with van der Waals surface area (Å²) in [6, 6.07) is 0. The molecule has 0 aromatic carbocycles. The second-order valence-electron chi connectivity index (χ2n) is 7.69. The van der Waals surface area contributed by atoms with Gasteiger partial charge in [0.2, 0.25) is 11.8 Å². The second-order valence-corrected chi connectivity index (χ2v) is 7.69. The van der Waals surface area contributed by atoms with E-state index in [1.165, 1.54) is 11.3 Å². The lowest BCUT2D eigenvalue weighted by Crippen LogP contribution is -2.49. The third-order valence-corrected chi connectivity index (χ3v) is 3.62.